The van der Waals surface area contributed by atoms with E-state index in [4.69, 9.17) is 16.7 Å². The predicted octanol–water partition coefficient (Wildman–Crippen LogP) is 2.10. The van der Waals surface area contributed by atoms with Crippen molar-refractivity contribution in [2.75, 3.05) is 31.1 Å². The number of nitrogens with zero attached hydrogens (tertiary/aromatic N) is 3. The van der Waals surface area contributed by atoms with E-state index >= 15 is 0 Å². The number of aromatic nitrogens is 2. The quantitative estimate of drug-likeness (QED) is 0.830. The molecule has 0 amide bonds. The maximum atomic E-state index is 11.5. The Bertz CT molecular complexity index is 879. The normalized spacial score (nSPS) is 21.9. The van der Waals surface area contributed by atoms with E-state index in [2.05, 4.69) is 15.1 Å². The van der Waals surface area contributed by atoms with Crippen LogP contribution in [0.3, 0.4) is 0 Å². The number of nitrogens with two attached hydrogens (primary N) is 1. The van der Waals surface area contributed by atoms with Crippen molar-refractivity contribution in [3.8, 4) is 0 Å². The number of halogens is 1. The molecule has 0 radical (unpaired) electrons. The van der Waals surface area contributed by atoms with Crippen molar-refractivity contribution in [1.82, 2.24) is 14.5 Å². The molecule has 2 aromatic rings. The van der Waals surface area contributed by atoms with Gasteiger partial charge in [-0.15, -0.1) is 0 Å². The molecule has 0 aliphatic carbocycles. The highest BCUT2D eigenvalue weighted by Crippen LogP contribution is 2.43. The number of hydrogen-bond donors (Lipinski definition) is 2. The van der Waals surface area contributed by atoms with Gasteiger partial charge >= 0.3 is 0 Å². The molecule has 2 aliphatic heterocycles. The average molecular weight is 384 g/mol. The Kier molecular flexibility index (Phi) is 4.18. The summed E-state index contributed by atoms with van der Waals surface area (Å²) in [5, 5.41) is 14.1. The van der Waals surface area contributed by atoms with Crippen molar-refractivity contribution in [1.29, 1.82) is 0 Å². The molecule has 1 spiro atoms. The topological polar surface area (TPSA) is 95.3 Å². The lowest BCUT2D eigenvalue weighted by molar-refractivity contribution is 0.119. The molecule has 1 aromatic heterocycles. The van der Waals surface area contributed by atoms with Gasteiger partial charge in [0, 0.05) is 42.3 Å². The van der Waals surface area contributed by atoms with Crippen molar-refractivity contribution in [3.63, 3.8) is 0 Å². The van der Waals surface area contributed by atoms with Gasteiger partial charge in [-0.1, -0.05) is 11.6 Å². The molecule has 2 aliphatic rings. The van der Waals surface area contributed by atoms with Gasteiger partial charge in [0.15, 0.2) is 0 Å². The largest absolute Gasteiger partial charge is 0.371 e. The van der Waals surface area contributed by atoms with E-state index in [-0.39, 0.29) is 5.41 Å². The fourth-order valence-corrected chi connectivity index (χ4v) is 5.10. The van der Waals surface area contributed by atoms with Gasteiger partial charge in [-0.25, -0.2) is 5.14 Å². The van der Waals surface area contributed by atoms with Crippen molar-refractivity contribution in [2.24, 2.45) is 10.6 Å². The molecule has 4 rings (SSSR count). The van der Waals surface area contributed by atoms with Crippen molar-refractivity contribution >= 4 is 38.4 Å². The Morgan fingerprint density at radius 1 is 1.12 bits per heavy atom. The number of fused-ring (bicyclic) bond motifs is 1. The van der Waals surface area contributed by atoms with Crippen LogP contribution in [0.4, 0.5) is 5.69 Å². The lowest BCUT2D eigenvalue weighted by Crippen LogP contribution is -2.49. The molecular weight excluding hydrogens is 362 g/mol. The molecule has 3 heterocycles. The molecule has 2 saturated heterocycles. The van der Waals surface area contributed by atoms with Crippen LogP contribution < -0.4 is 10.0 Å². The first kappa shape index (κ1) is 17.1. The summed E-state index contributed by atoms with van der Waals surface area (Å²) in [5.41, 5.74) is 2.29. The van der Waals surface area contributed by atoms with Crippen LogP contribution in [0.5, 0.6) is 0 Å². The van der Waals surface area contributed by atoms with Crippen LogP contribution in [0.15, 0.2) is 18.3 Å². The second-order valence-electron chi connectivity index (χ2n) is 7.19. The Balaban J connectivity index is 1.48. The Morgan fingerprint density at radius 3 is 2.40 bits per heavy atom. The molecule has 0 unspecified atom stereocenters. The van der Waals surface area contributed by atoms with E-state index < -0.39 is 10.2 Å². The minimum Gasteiger partial charge on any atom is -0.371 e. The van der Waals surface area contributed by atoms with Gasteiger partial charge in [-0.05, 0) is 43.2 Å². The molecule has 0 bridgehead atoms. The molecule has 7 nitrogen and oxygen atoms in total. The Labute approximate surface area is 152 Å². The number of rotatable bonds is 2. The van der Waals surface area contributed by atoms with Gasteiger partial charge < -0.3 is 4.90 Å². The van der Waals surface area contributed by atoms with E-state index in [9.17, 15) is 8.42 Å². The molecule has 25 heavy (non-hydrogen) atoms. The first-order valence-electron chi connectivity index (χ1n) is 8.52. The Morgan fingerprint density at radius 2 is 1.76 bits per heavy atom. The third-order valence-electron chi connectivity index (χ3n) is 5.81. The number of H-pyrrole nitrogens is 1. The van der Waals surface area contributed by atoms with Crippen LogP contribution in [0.1, 0.15) is 25.7 Å². The smallest absolute Gasteiger partial charge is 0.276 e. The van der Waals surface area contributed by atoms with Gasteiger partial charge in [0.25, 0.3) is 10.2 Å². The number of anilines is 1. The second-order valence-corrected chi connectivity index (χ2v) is 9.17. The van der Waals surface area contributed by atoms with Gasteiger partial charge in [-0.3, -0.25) is 5.10 Å². The minimum atomic E-state index is -3.56. The number of nitrogens with one attached hydrogen (secondary N) is 1. The van der Waals surface area contributed by atoms with Crippen molar-refractivity contribution in [3.05, 3.63) is 23.4 Å². The molecule has 2 fully saturated rings. The van der Waals surface area contributed by atoms with E-state index in [1.54, 1.807) is 0 Å². The van der Waals surface area contributed by atoms with Gasteiger partial charge in [-0.2, -0.15) is 17.8 Å². The highest BCUT2D eigenvalue weighted by molar-refractivity contribution is 7.86. The third kappa shape index (κ3) is 3.23. The first-order chi connectivity index (χ1) is 11.9. The van der Waals surface area contributed by atoms with E-state index in [0.717, 1.165) is 55.4 Å². The fourth-order valence-electron chi connectivity index (χ4n) is 4.20. The van der Waals surface area contributed by atoms with Crippen LogP contribution in [0, 0.1) is 5.41 Å². The molecule has 9 heteroatoms. The van der Waals surface area contributed by atoms with Crippen LogP contribution in [0.2, 0.25) is 5.02 Å². The highest BCUT2D eigenvalue weighted by Gasteiger charge is 2.39. The molecule has 0 atom stereocenters. The molecule has 0 saturated carbocycles. The molecule has 1 aromatic carbocycles. The van der Waals surface area contributed by atoms with Crippen molar-refractivity contribution < 1.29 is 8.42 Å². The summed E-state index contributed by atoms with van der Waals surface area (Å²) in [4.78, 5) is 2.36. The van der Waals surface area contributed by atoms with E-state index in [0.29, 0.717) is 18.1 Å². The predicted molar refractivity (Wildman–Crippen MR) is 98.9 cm³/mol. The SMILES string of the molecule is NS(=O)(=O)N1CCC2(CCN(c3cc(Cl)cc4[nH]ncc34)CC2)CC1. The maximum absolute atomic E-state index is 11.5. The zero-order chi connectivity index (χ0) is 17.7. The summed E-state index contributed by atoms with van der Waals surface area (Å²) in [6.45, 7) is 2.94. The second kappa shape index (κ2) is 6.12. The summed E-state index contributed by atoms with van der Waals surface area (Å²) in [6, 6.07) is 3.89. The summed E-state index contributed by atoms with van der Waals surface area (Å²) < 4.78 is 24.4. The third-order valence-corrected chi connectivity index (χ3v) is 7.11. The number of benzene rings is 1. The van der Waals surface area contributed by atoms with Crippen LogP contribution in [0.25, 0.3) is 10.9 Å². The Hall–Kier alpha value is -1.35. The van der Waals surface area contributed by atoms with Crippen LogP contribution in [-0.4, -0.2) is 49.1 Å². The summed E-state index contributed by atoms with van der Waals surface area (Å²) in [5.74, 6) is 0. The first-order valence-corrected chi connectivity index (χ1v) is 10.4. The monoisotopic (exact) mass is 383 g/mol. The number of aromatic amines is 1. The zero-order valence-electron chi connectivity index (χ0n) is 13.9. The van der Waals surface area contributed by atoms with E-state index in [1.165, 1.54) is 4.31 Å². The van der Waals surface area contributed by atoms with Crippen LogP contribution >= 0.6 is 11.6 Å². The fraction of sp³-hybridized carbons (Fsp3) is 0.562. The molecular formula is C16H22ClN5O2S. The molecule has 136 valence electrons. The standard InChI is InChI=1S/C16H22ClN5O2S/c17-12-9-14-13(11-19-20-14)15(10-12)21-5-1-16(2-6-21)3-7-22(8-4-16)25(18,23)24/h9-11H,1-8H2,(H,19,20)(H2,18,23,24). The van der Waals surface area contributed by atoms with Gasteiger partial charge in [0.1, 0.15) is 0 Å². The average Bonchev–Trinajstić information content (AvgIpc) is 3.03. The maximum Gasteiger partial charge on any atom is 0.276 e. The number of hydrogen-bond acceptors (Lipinski definition) is 4. The summed E-state index contributed by atoms with van der Waals surface area (Å²) in [7, 11) is -3.56. The van der Waals surface area contributed by atoms with E-state index in [1.807, 2.05) is 18.3 Å². The summed E-state index contributed by atoms with van der Waals surface area (Å²) >= 11 is 6.25. The lowest BCUT2D eigenvalue weighted by atomic mass is 9.71. The lowest BCUT2D eigenvalue weighted by Gasteiger charge is -2.46. The molecule has 3 N–H and O–H groups in total. The minimum absolute atomic E-state index is 0.228. The van der Waals surface area contributed by atoms with Gasteiger partial charge in [0.05, 0.1) is 11.7 Å². The highest BCUT2D eigenvalue weighted by atomic mass is 35.5. The zero-order valence-corrected chi connectivity index (χ0v) is 15.5. The van der Waals surface area contributed by atoms with Gasteiger partial charge in [0.2, 0.25) is 0 Å². The number of piperidine rings is 2. The van der Waals surface area contributed by atoms with Crippen LogP contribution in [-0.2, 0) is 10.2 Å². The van der Waals surface area contributed by atoms with Crippen molar-refractivity contribution in [2.45, 2.75) is 25.7 Å². The summed E-state index contributed by atoms with van der Waals surface area (Å²) in [6.07, 6.45) is 5.71.